The van der Waals surface area contributed by atoms with Gasteiger partial charge in [0.1, 0.15) is 12.2 Å². The van der Waals surface area contributed by atoms with Crippen LogP contribution in [0.1, 0.15) is 0 Å². The van der Waals surface area contributed by atoms with Crippen molar-refractivity contribution in [2.24, 2.45) is 0 Å². The van der Waals surface area contributed by atoms with Gasteiger partial charge in [-0.2, -0.15) is 11.8 Å². The third kappa shape index (κ3) is 5.86. The SMILES string of the molecule is CSC[C@H]1OC(O)[C@H](O[Si](C)(C)C)[C@@H]1O[Si](C)(C)C. The summed E-state index contributed by atoms with van der Waals surface area (Å²) >= 11 is 1.71. The molecule has 0 aromatic heterocycles. The number of thioether (sulfide) groups is 1. The van der Waals surface area contributed by atoms with Gasteiger partial charge in [0, 0.05) is 5.75 Å². The molecule has 0 aromatic rings. The molecule has 19 heavy (non-hydrogen) atoms. The van der Waals surface area contributed by atoms with Crippen LogP contribution in [0.5, 0.6) is 0 Å². The zero-order chi connectivity index (χ0) is 14.8. The summed E-state index contributed by atoms with van der Waals surface area (Å²) in [5.74, 6) is 0.817. The molecule has 1 rings (SSSR count). The van der Waals surface area contributed by atoms with Gasteiger partial charge in [0.15, 0.2) is 22.9 Å². The fourth-order valence-corrected chi connectivity index (χ4v) is 4.86. The maximum Gasteiger partial charge on any atom is 0.184 e. The first kappa shape index (κ1) is 17.7. The summed E-state index contributed by atoms with van der Waals surface area (Å²) in [5.41, 5.74) is 0. The van der Waals surface area contributed by atoms with Crippen molar-refractivity contribution in [3.63, 3.8) is 0 Å². The lowest BCUT2D eigenvalue weighted by molar-refractivity contribution is -0.119. The first-order valence-corrected chi connectivity index (χ1v) is 14.9. The number of rotatable bonds is 6. The summed E-state index contributed by atoms with van der Waals surface area (Å²) in [5, 5.41) is 10.1. The van der Waals surface area contributed by atoms with E-state index in [9.17, 15) is 5.11 Å². The number of aliphatic hydroxyl groups excluding tert-OH is 1. The zero-order valence-electron chi connectivity index (χ0n) is 13.1. The van der Waals surface area contributed by atoms with Gasteiger partial charge >= 0.3 is 0 Å². The van der Waals surface area contributed by atoms with E-state index in [0.29, 0.717) is 0 Å². The zero-order valence-corrected chi connectivity index (χ0v) is 15.9. The van der Waals surface area contributed by atoms with Gasteiger partial charge in [-0.3, -0.25) is 0 Å². The fraction of sp³-hybridized carbons (Fsp3) is 1.00. The van der Waals surface area contributed by atoms with Crippen LogP contribution in [-0.4, -0.2) is 58.4 Å². The molecule has 1 N–H and O–H groups in total. The Morgan fingerprint density at radius 2 is 1.47 bits per heavy atom. The Morgan fingerprint density at radius 3 is 1.89 bits per heavy atom. The van der Waals surface area contributed by atoms with E-state index < -0.39 is 22.9 Å². The van der Waals surface area contributed by atoms with E-state index in [2.05, 4.69) is 39.3 Å². The van der Waals surface area contributed by atoms with Crippen LogP contribution in [0.4, 0.5) is 0 Å². The predicted molar refractivity (Wildman–Crippen MR) is 85.7 cm³/mol. The highest BCUT2D eigenvalue weighted by Gasteiger charge is 2.48. The van der Waals surface area contributed by atoms with Crippen molar-refractivity contribution in [2.45, 2.75) is 63.9 Å². The second-order valence-corrected chi connectivity index (χ2v) is 16.7. The average Bonchev–Trinajstić information content (AvgIpc) is 2.42. The highest BCUT2D eigenvalue weighted by atomic mass is 32.2. The Balaban J connectivity index is 2.84. The summed E-state index contributed by atoms with van der Waals surface area (Å²) in [7, 11) is -3.45. The summed E-state index contributed by atoms with van der Waals surface area (Å²) in [6.45, 7) is 12.8. The molecule has 1 heterocycles. The topological polar surface area (TPSA) is 47.9 Å². The minimum Gasteiger partial charge on any atom is -0.409 e. The summed E-state index contributed by atoms with van der Waals surface area (Å²) < 4.78 is 18.0. The summed E-state index contributed by atoms with van der Waals surface area (Å²) in [6.07, 6.45) is 0.577. The molecule has 4 nitrogen and oxygen atoms in total. The standard InChI is InChI=1S/C12H28O4SSi2/c1-17-8-9-10(15-18(2,3)4)11(12(13)14-9)16-19(5,6)7/h9-13H,8H2,1-7H3/t9-,10-,11-,12?/m1/s1. The van der Waals surface area contributed by atoms with Crippen molar-refractivity contribution in [3.05, 3.63) is 0 Å². The molecule has 7 heteroatoms. The second-order valence-electron chi connectivity index (χ2n) is 6.91. The van der Waals surface area contributed by atoms with Gasteiger partial charge in [-0.05, 0) is 45.5 Å². The van der Waals surface area contributed by atoms with E-state index in [0.717, 1.165) is 5.75 Å². The van der Waals surface area contributed by atoms with Gasteiger partial charge in [-0.25, -0.2) is 0 Å². The molecule has 0 spiro atoms. The van der Waals surface area contributed by atoms with Crippen LogP contribution >= 0.6 is 11.8 Å². The van der Waals surface area contributed by atoms with Gasteiger partial charge in [-0.1, -0.05) is 0 Å². The van der Waals surface area contributed by atoms with Crippen LogP contribution in [0.3, 0.4) is 0 Å². The van der Waals surface area contributed by atoms with Gasteiger partial charge in [0.25, 0.3) is 0 Å². The summed E-state index contributed by atoms with van der Waals surface area (Å²) in [4.78, 5) is 0. The molecule has 1 unspecified atom stereocenters. The molecule has 0 aromatic carbocycles. The Hall–Kier alpha value is 0.624. The summed E-state index contributed by atoms with van der Waals surface area (Å²) in [6, 6.07) is 0. The minimum atomic E-state index is -1.75. The Kier molecular flexibility index (Phi) is 6.13. The predicted octanol–water partition coefficient (Wildman–Crippen LogP) is 2.51. The van der Waals surface area contributed by atoms with Crippen molar-refractivity contribution >= 4 is 28.4 Å². The van der Waals surface area contributed by atoms with Crippen molar-refractivity contribution in [2.75, 3.05) is 12.0 Å². The Morgan fingerprint density at radius 1 is 1.00 bits per heavy atom. The smallest absolute Gasteiger partial charge is 0.184 e. The van der Waals surface area contributed by atoms with Crippen LogP contribution in [0.15, 0.2) is 0 Å². The fourth-order valence-electron chi connectivity index (χ4n) is 2.09. The number of hydrogen-bond acceptors (Lipinski definition) is 5. The molecule has 1 aliphatic heterocycles. The molecule has 114 valence electrons. The van der Waals surface area contributed by atoms with Crippen LogP contribution in [0, 0.1) is 0 Å². The monoisotopic (exact) mass is 324 g/mol. The van der Waals surface area contributed by atoms with Gasteiger partial charge < -0.3 is 18.7 Å². The minimum absolute atomic E-state index is 0.0851. The third-order valence-electron chi connectivity index (χ3n) is 2.60. The van der Waals surface area contributed by atoms with E-state index in [1.807, 2.05) is 6.26 Å². The van der Waals surface area contributed by atoms with Crippen LogP contribution in [0.2, 0.25) is 39.3 Å². The molecular formula is C12H28O4SSi2. The molecule has 0 bridgehead atoms. The molecular weight excluding hydrogens is 296 g/mol. The van der Waals surface area contributed by atoms with Crippen LogP contribution < -0.4 is 0 Å². The average molecular weight is 325 g/mol. The highest BCUT2D eigenvalue weighted by Crippen LogP contribution is 2.31. The van der Waals surface area contributed by atoms with Crippen LogP contribution in [0.25, 0.3) is 0 Å². The largest absolute Gasteiger partial charge is 0.409 e. The van der Waals surface area contributed by atoms with Gasteiger partial charge in [0.05, 0.1) is 6.10 Å². The molecule has 0 amide bonds. The molecule has 0 radical (unpaired) electrons. The second kappa shape index (κ2) is 6.59. The van der Waals surface area contributed by atoms with E-state index in [4.69, 9.17) is 13.6 Å². The van der Waals surface area contributed by atoms with E-state index in [-0.39, 0.29) is 18.3 Å². The quantitative estimate of drug-likeness (QED) is 0.761. The maximum atomic E-state index is 10.1. The van der Waals surface area contributed by atoms with Gasteiger partial charge in [0.2, 0.25) is 0 Å². The lowest BCUT2D eigenvalue weighted by Crippen LogP contribution is -2.48. The van der Waals surface area contributed by atoms with E-state index in [1.54, 1.807) is 11.8 Å². The van der Waals surface area contributed by atoms with Crippen LogP contribution in [-0.2, 0) is 13.6 Å². The third-order valence-corrected chi connectivity index (χ3v) is 5.22. The Bertz CT molecular complexity index is 290. The lowest BCUT2D eigenvalue weighted by Gasteiger charge is -2.33. The first-order valence-electron chi connectivity index (χ1n) is 6.71. The van der Waals surface area contributed by atoms with Crippen molar-refractivity contribution < 1.29 is 18.7 Å². The molecule has 1 fully saturated rings. The normalized spacial score (nSPS) is 32.8. The molecule has 0 aliphatic carbocycles. The van der Waals surface area contributed by atoms with Crippen molar-refractivity contribution in [3.8, 4) is 0 Å². The maximum absolute atomic E-state index is 10.1. The molecule has 1 saturated heterocycles. The number of hydrogen-bond donors (Lipinski definition) is 1. The Labute approximate surface area is 123 Å². The van der Waals surface area contributed by atoms with Gasteiger partial charge in [-0.15, -0.1) is 0 Å². The molecule has 4 atom stereocenters. The number of ether oxygens (including phenoxy) is 1. The molecule has 0 saturated carbocycles. The number of aliphatic hydroxyl groups is 1. The highest BCUT2D eigenvalue weighted by molar-refractivity contribution is 7.98. The molecule has 1 aliphatic rings. The van der Waals surface area contributed by atoms with E-state index >= 15 is 0 Å². The lowest BCUT2D eigenvalue weighted by atomic mass is 10.2. The van der Waals surface area contributed by atoms with E-state index in [1.165, 1.54) is 0 Å². The van der Waals surface area contributed by atoms with Crippen molar-refractivity contribution in [1.29, 1.82) is 0 Å². The van der Waals surface area contributed by atoms with Crippen molar-refractivity contribution in [1.82, 2.24) is 0 Å². The first-order chi connectivity index (χ1) is 8.53.